The highest BCUT2D eigenvalue weighted by atomic mass is 79.9. The maximum Gasteiger partial charge on any atom is 0.183 e. The number of nitrogens with zero attached hydrogens (tertiary/aromatic N) is 4. The van der Waals surface area contributed by atoms with Crippen LogP contribution in [0.25, 0.3) is 10.7 Å². The number of aromatic nitrogens is 4. The van der Waals surface area contributed by atoms with Crippen molar-refractivity contribution < 1.29 is 0 Å². The fourth-order valence-electron chi connectivity index (χ4n) is 1.21. The van der Waals surface area contributed by atoms with Gasteiger partial charge in [0.25, 0.3) is 0 Å². The van der Waals surface area contributed by atoms with E-state index >= 15 is 0 Å². The molecule has 2 rings (SSSR count). The first-order valence-corrected chi connectivity index (χ1v) is 5.84. The second-order valence-electron chi connectivity index (χ2n) is 2.86. The molecule has 6 heteroatoms. The number of hydrogen-bond donors (Lipinski definition) is 0. The molecule has 0 amide bonds. The Kier molecular flexibility index (Phi) is 2.64. The van der Waals surface area contributed by atoms with Crippen LogP contribution in [0.3, 0.4) is 0 Å². The van der Waals surface area contributed by atoms with Crippen LogP contribution in [0, 0.1) is 0 Å². The summed E-state index contributed by atoms with van der Waals surface area (Å²) in [6.45, 7) is 2.09. The van der Waals surface area contributed by atoms with Crippen molar-refractivity contribution in [1.82, 2.24) is 20.0 Å². The Labute approximate surface area is 94.1 Å². The van der Waals surface area contributed by atoms with Gasteiger partial charge < -0.3 is 0 Å². The maximum atomic E-state index is 4.36. The van der Waals surface area contributed by atoms with Crippen molar-refractivity contribution in [2.75, 3.05) is 0 Å². The molecule has 0 aliphatic rings. The minimum atomic E-state index is 0.798. The van der Waals surface area contributed by atoms with Gasteiger partial charge >= 0.3 is 0 Å². The first kappa shape index (κ1) is 9.79. The molecule has 0 atom stereocenters. The standard InChI is InChI=1S/C8H9BrN4S/c1-3-5-4-6(13(2)12-5)7-10-11-8(9)14-7/h4H,3H2,1-2H3. The van der Waals surface area contributed by atoms with Crippen molar-refractivity contribution in [2.24, 2.45) is 7.05 Å². The average Bonchev–Trinajstić information content (AvgIpc) is 2.71. The molecule has 2 aromatic heterocycles. The molecule has 2 aromatic rings. The highest BCUT2D eigenvalue weighted by molar-refractivity contribution is 9.11. The van der Waals surface area contributed by atoms with Crippen molar-refractivity contribution in [3.05, 3.63) is 15.7 Å². The molecule has 74 valence electrons. The van der Waals surface area contributed by atoms with Gasteiger partial charge in [-0.25, -0.2) is 0 Å². The molecule has 0 spiro atoms. The first-order valence-electron chi connectivity index (χ1n) is 4.23. The Morgan fingerprint density at radius 1 is 1.50 bits per heavy atom. The Bertz CT molecular complexity index is 448. The predicted octanol–water partition coefficient (Wildman–Crippen LogP) is 2.26. The molecule has 4 nitrogen and oxygen atoms in total. The van der Waals surface area contributed by atoms with Crippen LogP contribution >= 0.6 is 27.3 Å². The summed E-state index contributed by atoms with van der Waals surface area (Å²) in [5, 5.41) is 13.2. The maximum absolute atomic E-state index is 4.36. The predicted molar refractivity (Wildman–Crippen MR) is 59.2 cm³/mol. The van der Waals surface area contributed by atoms with Crippen LogP contribution in [-0.2, 0) is 13.5 Å². The van der Waals surface area contributed by atoms with Gasteiger partial charge in [0, 0.05) is 7.05 Å². The van der Waals surface area contributed by atoms with Gasteiger partial charge in [-0.3, -0.25) is 4.68 Å². The van der Waals surface area contributed by atoms with Crippen LogP contribution < -0.4 is 0 Å². The SMILES string of the molecule is CCc1cc(-c2nnc(Br)s2)n(C)n1. The molecule has 14 heavy (non-hydrogen) atoms. The molecule has 0 N–H and O–H groups in total. The molecule has 2 heterocycles. The first-order chi connectivity index (χ1) is 6.70. The van der Waals surface area contributed by atoms with Gasteiger partial charge in [0.05, 0.1) is 11.4 Å². The van der Waals surface area contributed by atoms with E-state index < -0.39 is 0 Å². The molecule has 0 aromatic carbocycles. The molecule has 0 unspecified atom stereocenters. The average molecular weight is 273 g/mol. The number of rotatable bonds is 2. The second kappa shape index (κ2) is 3.78. The van der Waals surface area contributed by atoms with Gasteiger partial charge in [0.2, 0.25) is 0 Å². The van der Waals surface area contributed by atoms with Crippen LogP contribution in [0.4, 0.5) is 0 Å². The van der Waals surface area contributed by atoms with Crippen molar-refractivity contribution in [1.29, 1.82) is 0 Å². The second-order valence-corrected chi connectivity index (χ2v) is 5.11. The van der Waals surface area contributed by atoms with Crippen molar-refractivity contribution in [2.45, 2.75) is 13.3 Å². The van der Waals surface area contributed by atoms with Crippen LogP contribution in [0.2, 0.25) is 0 Å². The van der Waals surface area contributed by atoms with Crippen molar-refractivity contribution in [3.63, 3.8) is 0 Å². The molecule has 0 radical (unpaired) electrons. The summed E-state index contributed by atoms with van der Waals surface area (Å²) in [5.74, 6) is 0. The molecular weight excluding hydrogens is 264 g/mol. The van der Waals surface area contributed by atoms with Crippen LogP contribution in [0.5, 0.6) is 0 Å². The van der Waals surface area contributed by atoms with Crippen molar-refractivity contribution >= 4 is 27.3 Å². The monoisotopic (exact) mass is 272 g/mol. The highest BCUT2D eigenvalue weighted by Crippen LogP contribution is 2.26. The normalized spacial score (nSPS) is 10.8. The van der Waals surface area contributed by atoms with Gasteiger partial charge in [-0.15, -0.1) is 10.2 Å². The van der Waals surface area contributed by atoms with E-state index in [1.165, 1.54) is 11.3 Å². The molecule has 0 bridgehead atoms. The Balaban J connectivity index is 2.45. The lowest BCUT2D eigenvalue weighted by atomic mass is 10.3. The third-order valence-corrected chi connectivity index (χ3v) is 3.29. The Morgan fingerprint density at radius 3 is 2.79 bits per heavy atom. The number of aryl methyl sites for hydroxylation is 2. The molecule has 0 fully saturated rings. The molecular formula is C8H9BrN4S. The van der Waals surface area contributed by atoms with E-state index in [0.29, 0.717) is 0 Å². The zero-order valence-corrected chi connectivity index (χ0v) is 10.3. The fourth-order valence-corrected chi connectivity index (χ4v) is 2.37. The van der Waals surface area contributed by atoms with E-state index in [9.17, 15) is 0 Å². The number of halogens is 1. The lowest BCUT2D eigenvalue weighted by molar-refractivity contribution is 0.751. The molecule has 0 saturated heterocycles. The summed E-state index contributed by atoms with van der Waals surface area (Å²) < 4.78 is 2.64. The molecule has 0 saturated carbocycles. The quantitative estimate of drug-likeness (QED) is 0.843. The van der Waals surface area contributed by atoms with E-state index in [1.807, 2.05) is 17.8 Å². The third kappa shape index (κ3) is 1.72. The lowest BCUT2D eigenvalue weighted by Gasteiger charge is -1.93. The third-order valence-electron chi connectivity index (χ3n) is 1.91. The zero-order chi connectivity index (χ0) is 10.1. The zero-order valence-electron chi connectivity index (χ0n) is 7.86. The van der Waals surface area contributed by atoms with Crippen molar-refractivity contribution in [3.8, 4) is 10.7 Å². The largest absolute Gasteiger partial charge is 0.265 e. The highest BCUT2D eigenvalue weighted by Gasteiger charge is 2.10. The van der Waals surface area contributed by atoms with Gasteiger partial charge in [-0.05, 0) is 28.4 Å². The Morgan fingerprint density at radius 2 is 2.29 bits per heavy atom. The van der Waals surface area contributed by atoms with Gasteiger partial charge in [0.15, 0.2) is 8.92 Å². The Hall–Kier alpha value is -0.750. The molecule has 0 aliphatic heterocycles. The smallest absolute Gasteiger partial charge is 0.183 e. The van der Waals surface area contributed by atoms with Crippen LogP contribution in [0.1, 0.15) is 12.6 Å². The summed E-state index contributed by atoms with van der Waals surface area (Å²) in [7, 11) is 1.92. The van der Waals surface area contributed by atoms with E-state index in [4.69, 9.17) is 0 Å². The van der Waals surface area contributed by atoms with E-state index in [2.05, 4.69) is 38.1 Å². The minimum absolute atomic E-state index is 0.798. The van der Waals surface area contributed by atoms with E-state index in [1.54, 1.807) is 0 Å². The minimum Gasteiger partial charge on any atom is -0.265 e. The van der Waals surface area contributed by atoms with Gasteiger partial charge in [-0.1, -0.05) is 18.3 Å². The molecule has 0 aliphatic carbocycles. The summed E-state index contributed by atoms with van der Waals surface area (Å²) in [4.78, 5) is 0. The van der Waals surface area contributed by atoms with E-state index in [-0.39, 0.29) is 0 Å². The summed E-state index contributed by atoms with van der Waals surface area (Å²) in [6, 6.07) is 2.05. The summed E-state index contributed by atoms with van der Waals surface area (Å²) >= 11 is 4.81. The van der Waals surface area contributed by atoms with Crippen LogP contribution in [0.15, 0.2) is 9.98 Å². The lowest BCUT2D eigenvalue weighted by Crippen LogP contribution is -1.93. The van der Waals surface area contributed by atoms with Crippen LogP contribution in [-0.4, -0.2) is 20.0 Å². The fraction of sp³-hybridized carbons (Fsp3) is 0.375. The summed E-state index contributed by atoms with van der Waals surface area (Å²) in [5.41, 5.74) is 2.10. The van der Waals surface area contributed by atoms with Gasteiger partial charge in [0.1, 0.15) is 0 Å². The number of hydrogen-bond acceptors (Lipinski definition) is 4. The van der Waals surface area contributed by atoms with E-state index in [0.717, 1.165) is 26.7 Å². The summed E-state index contributed by atoms with van der Waals surface area (Å²) in [6.07, 6.45) is 0.938. The van der Waals surface area contributed by atoms with Gasteiger partial charge in [-0.2, -0.15) is 5.10 Å². The topological polar surface area (TPSA) is 43.6 Å².